The molecule has 3 rings (SSSR count). The van der Waals surface area contributed by atoms with Crippen LogP contribution in [-0.2, 0) is 23.8 Å². The molecule has 1 amide bonds. The maximum atomic E-state index is 13.3. The smallest absolute Gasteiger partial charge is 0.321 e. The average molecular weight is 347 g/mol. The number of hydrogen-bond acceptors (Lipinski definition) is 5. The summed E-state index contributed by atoms with van der Waals surface area (Å²) in [7, 11) is 0. The van der Waals surface area contributed by atoms with Crippen LogP contribution in [0.5, 0.6) is 0 Å². The van der Waals surface area contributed by atoms with Gasteiger partial charge in [-0.1, -0.05) is 0 Å². The summed E-state index contributed by atoms with van der Waals surface area (Å²) in [6.45, 7) is 1.32. The molecule has 3 aliphatic rings. The van der Waals surface area contributed by atoms with Gasteiger partial charge in [-0.3, -0.25) is 9.59 Å². The van der Waals surface area contributed by atoms with Gasteiger partial charge in [-0.05, 0) is 37.5 Å². The number of carbonyl (C=O) groups is 2. The number of halogens is 2. The van der Waals surface area contributed by atoms with Crippen LogP contribution >= 0.6 is 0 Å². The first kappa shape index (κ1) is 17.5. The summed E-state index contributed by atoms with van der Waals surface area (Å²) in [4.78, 5) is 22.3. The second-order valence-electron chi connectivity index (χ2n) is 7.08. The molecular formula is C16H23F2NO5. The van der Waals surface area contributed by atoms with Crippen LogP contribution in [0.3, 0.4) is 0 Å². The second-order valence-corrected chi connectivity index (χ2v) is 7.08. The molecule has 24 heavy (non-hydrogen) atoms. The van der Waals surface area contributed by atoms with Crippen molar-refractivity contribution in [3.05, 3.63) is 0 Å². The molecule has 0 bridgehead atoms. The lowest BCUT2D eigenvalue weighted by molar-refractivity contribution is -0.146. The standard InChI is InChI=1S/C16H23F2NO5/c1-16(17,18)15(21)19-14-10(6-22-7-20)3-2-9-4-12-13(5-11(9)14)24-8-23-12/h7,9-14H,2-6,8H2,1H3,(H,19,21)/t9?,10-,11?,12?,13?,14+/m1/s1. The van der Waals surface area contributed by atoms with Crippen molar-refractivity contribution < 1.29 is 32.6 Å². The van der Waals surface area contributed by atoms with Crippen molar-refractivity contribution in [2.45, 2.75) is 56.8 Å². The summed E-state index contributed by atoms with van der Waals surface area (Å²) >= 11 is 0. The monoisotopic (exact) mass is 347 g/mol. The molecule has 2 saturated carbocycles. The Kier molecular flexibility index (Phi) is 5.05. The first-order valence-corrected chi connectivity index (χ1v) is 8.37. The molecule has 1 N–H and O–H groups in total. The minimum absolute atomic E-state index is 0.0215. The van der Waals surface area contributed by atoms with Gasteiger partial charge in [-0.15, -0.1) is 0 Å². The highest BCUT2D eigenvalue weighted by Crippen LogP contribution is 2.46. The molecule has 0 aromatic heterocycles. The van der Waals surface area contributed by atoms with Gasteiger partial charge in [0.2, 0.25) is 0 Å². The largest absolute Gasteiger partial charge is 0.468 e. The average Bonchev–Trinajstić information content (AvgIpc) is 2.98. The summed E-state index contributed by atoms with van der Waals surface area (Å²) in [5.41, 5.74) is 0. The van der Waals surface area contributed by atoms with Gasteiger partial charge in [0, 0.05) is 18.9 Å². The number of ether oxygens (including phenoxy) is 3. The van der Waals surface area contributed by atoms with Crippen LogP contribution < -0.4 is 5.32 Å². The highest BCUT2D eigenvalue weighted by Gasteiger charge is 2.49. The fourth-order valence-corrected chi connectivity index (χ4v) is 4.38. The molecule has 1 saturated heterocycles. The van der Waals surface area contributed by atoms with Crippen LogP contribution in [0.4, 0.5) is 8.78 Å². The fraction of sp³-hybridized carbons (Fsp3) is 0.875. The van der Waals surface area contributed by atoms with E-state index in [9.17, 15) is 18.4 Å². The number of hydrogen-bond donors (Lipinski definition) is 1. The highest BCUT2D eigenvalue weighted by molar-refractivity contribution is 5.83. The van der Waals surface area contributed by atoms with Crippen molar-refractivity contribution in [2.24, 2.45) is 17.8 Å². The van der Waals surface area contributed by atoms with Crippen molar-refractivity contribution >= 4 is 12.4 Å². The first-order valence-electron chi connectivity index (χ1n) is 8.37. The Morgan fingerprint density at radius 2 is 2.00 bits per heavy atom. The van der Waals surface area contributed by atoms with Gasteiger partial charge < -0.3 is 19.5 Å². The molecule has 136 valence electrons. The minimum atomic E-state index is -3.44. The number of amides is 1. The van der Waals surface area contributed by atoms with Crippen molar-refractivity contribution in [3.63, 3.8) is 0 Å². The number of fused-ring (bicyclic) bond motifs is 2. The fourth-order valence-electron chi connectivity index (χ4n) is 4.38. The van der Waals surface area contributed by atoms with Gasteiger partial charge in [0.25, 0.3) is 12.4 Å². The molecular weight excluding hydrogens is 324 g/mol. The van der Waals surface area contributed by atoms with E-state index in [1.807, 2.05) is 0 Å². The van der Waals surface area contributed by atoms with Crippen molar-refractivity contribution in [1.82, 2.24) is 5.32 Å². The van der Waals surface area contributed by atoms with Crippen molar-refractivity contribution in [1.29, 1.82) is 0 Å². The molecule has 3 fully saturated rings. The van der Waals surface area contributed by atoms with Crippen molar-refractivity contribution in [3.8, 4) is 0 Å². The SMILES string of the molecule is CC(F)(F)C(=O)N[C@@H]1C2CC3OCOC3CC2CC[C@@H]1COC=O. The molecule has 1 heterocycles. The van der Waals surface area contributed by atoms with E-state index in [4.69, 9.17) is 14.2 Å². The summed E-state index contributed by atoms with van der Waals surface area (Å²) < 4.78 is 42.7. The molecule has 0 aromatic rings. The summed E-state index contributed by atoms with van der Waals surface area (Å²) in [5, 5.41) is 2.52. The number of carbonyl (C=O) groups excluding carboxylic acids is 2. The first-order chi connectivity index (χ1) is 11.4. The van der Waals surface area contributed by atoms with Gasteiger partial charge in [0.1, 0.15) is 6.79 Å². The lowest BCUT2D eigenvalue weighted by Crippen LogP contribution is -2.57. The Bertz CT molecular complexity index is 484. The molecule has 0 spiro atoms. The van der Waals surface area contributed by atoms with E-state index in [0.29, 0.717) is 26.2 Å². The third-order valence-electron chi connectivity index (χ3n) is 5.58. The van der Waals surface area contributed by atoms with E-state index in [2.05, 4.69) is 5.32 Å². The lowest BCUT2D eigenvalue weighted by atomic mass is 9.63. The Morgan fingerprint density at radius 1 is 1.29 bits per heavy atom. The third-order valence-corrected chi connectivity index (χ3v) is 5.58. The number of alkyl halides is 2. The van der Waals surface area contributed by atoms with Crippen LogP contribution in [0.25, 0.3) is 0 Å². The molecule has 8 heteroatoms. The predicted molar refractivity (Wildman–Crippen MR) is 78.1 cm³/mol. The zero-order valence-corrected chi connectivity index (χ0v) is 13.6. The highest BCUT2D eigenvalue weighted by atomic mass is 19.3. The molecule has 6 nitrogen and oxygen atoms in total. The summed E-state index contributed by atoms with van der Waals surface area (Å²) in [6, 6.07) is -0.452. The van der Waals surface area contributed by atoms with Gasteiger partial charge >= 0.3 is 5.92 Å². The summed E-state index contributed by atoms with van der Waals surface area (Å²) in [6.07, 6.45) is 3.09. The van der Waals surface area contributed by atoms with E-state index in [1.54, 1.807) is 0 Å². The Balaban J connectivity index is 1.76. The zero-order chi connectivity index (χ0) is 17.3. The van der Waals surface area contributed by atoms with Crippen LogP contribution in [0.15, 0.2) is 0 Å². The molecule has 6 atom stereocenters. The van der Waals surface area contributed by atoms with Crippen LogP contribution in [0, 0.1) is 17.8 Å². The van der Waals surface area contributed by atoms with E-state index < -0.39 is 17.9 Å². The zero-order valence-electron chi connectivity index (χ0n) is 13.6. The topological polar surface area (TPSA) is 73.9 Å². The molecule has 0 aromatic carbocycles. The van der Waals surface area contributed by atoms with Crippen LogP contribution in [-0.4, -0.2) is 50.0 Å². The maximum Gasteiger partial charge on any atom is 0.321 e. The predicted octanol–water partition coefficient (Wildman–Crippen LogP) is 1.48. The molecule has 0 radical (unpaired) electrons. The van der Waals surface area contributed by atoms with Crippen LogP contribution in [0.2, 0.25) is 0 Å². The quantitative estimate of drug-likeness (QED) is 0.763. The summed E-state index contributed by atoms with van der Waals surface area (Å²) in [5.74, 6) is -4.58. The van der Waals surface area contributed by atoms with Gasteiger partial charge in [0.05, 0.1) is 18.8 Å². The molecule has 2 aliphatic carbocycles. The van der Waals surface area contributed by atoms with Gasteiger partial charge in [0.15, 0.2) is 0 Å². The Morgan fingerprint density at radius 3 is 2.67 bits per heavy atom. The third kappa shape index (κ3) is 3.54. The van der Waals surface area contributed by atoms with Crippen molar-refractivity contribution in [2.75, 3.05) is 13.4 Å². The second kappa shape index (κ2) is 6.92. The Hall–Kier alpha value is -1.28. The molecule has 1 aliphatic heterocycles. The maximum absolute atomic E-state index is 13.3. The Labute approximate surface area is 139 Å². The minimum Gasteiger partial charge on any atom is -0.468 e. The van der Waals surface area contributed by atoms with E-state index >= 15 is 0 Å². The lowest BCUT2D eigenvalue weighted by Gasteiger charge is -2.47. The normalized spacial score (nSPS) is 38.8. The van der Waals surface area contributed by atoms with Crippen LogP contribution in [0.1, 0.15) is 32.6 Å². The number of rotatable bonds is 5. The van der Waals surface area contributed by atoms with Gasteiger partial charge in [-0.25, -0.2) is 0 Å². The van der Waals surface area contributed by atoms with Gasteiger partial charge in [-0.2, -0.15) is 8.78 Å². The van der Waals surface area contributed by atoms with E-state index in [1.165, 1.54) is 0 Å². The van der Waals surface area contributed by atoms with E-state index in [0.717, 1.165) is 12.8 Å². The molecule has 4 unspecified atom stereocenters. The number of nitrogens with one attached hydrogen (secondary N) is 1. The van der Waals surface area contributed by atoms with E-state index in [-0.39, 0.29) is 43.4 Å².